The van der Waals surface area contributed by atoms with Gasteiger partial charge in [0.25, 0.3) is 0 Å². The van der Waals surface area contributed by atoms with Crippen LogP contribution in [0.3, 0.4) is 0 Å². The summed E-state index contributed by atoms with van der Waals surface area (Å²) in [4.78, 5) is 10.2. The zero-order valence-corrected chi connectivity index (χ0v) is 10.7. The molecule has 0 bridgehead atoms. The zero-order valence-electron chi connectivity index (χ0n) is 10.7. The van der Waals surface area contributed by atoms with E-state index in [0.29, 0.717) is 17.9 Å². The van der Waals surface area contributed by atoms with Crippen LogP contribution in [-0.4, -0.2) is 17.1 Å². The smallest absolute Gasteiger partial charge is 0.314 e. The van der Waals surface area contributed by atoms with Gasteiger partial charge in [-0.2, -0.15) is 0 Å². The van der Waals surface area contributed by atoms with Gasteiger partial charge in [0.15, 0.2) is 5.75 Å². The van der Waals surface area contributed by atoms with Gasteiger partial charge in [0, 0.05) is 12.1 Å². The van der Waals surface area contributed by atoms with Crippen LogP contribution in [0.4, 0.5) is 5.69 Å². The van der Waals surface area contributed by atoms with Crippen LogP contribution in [0.2, 0.25) is 0 Å². The van der Waals surface area contributed by atoms with Crippen LogP contribution in [0, 0.1) is 16.0 Å². The molecule has 18 heavy (non-hydrogen) atoms. The molecule has 1 rings (SSSR count). The lowest BCUT2D eigenvalue weighted by molar-refractivity contribution is -0.386. The first-order valence-electron chi connectivity index (χ1n) is 5.67. The maximum Gasteiger partial charge on any atom is 0.314 e. The Morgan fingerprint density at radius 2 is 2.11 bits per heavy atom. The lowest BCUT2D eigenvalue weighted by Crippen LogP contribution is -2.13. The van der Waals surface area contributed by atoms with Gasteiger partial charge in [-0.1, -0.05) is 13.8 Å². The number of hydrogen-bond donors (Lipinski definition) is 2. The Morgan fingerprint density at radius 1 is 1.50 bits per heavy atom. The monoisotopic (exact) mass is 254 g/mol. The molecule has 100 valence electrons. The van der Waals surface area contributed by atoms with Gasteiger partial charge < -0.3 is 15.6 Å². The number of rotatable bonds is 5. The van der Waals surface area contributed by atoms with Crippen LogP contribution in [0.5, 0.6) is 11.5 Å². The average Bonchev–Trinajstić information content (AvgIpc) is 2.27. The maximum atomic E-state index is 10.8. The summed E-state index contributed by atoms with van der Waals surface area (Å²) in [7, 11) is 1.34. The summed E-state index contributed by atoms with van der Waals surface area (Å²) < 4.78 is 4.92. The fraction of sp³-hybridized carbons (Fsp3) is 0.500. The number of nitrogens with two attached hydrogens (primary N) is 1. The van der Waals surface area contributed by atoms with Gasteiger partial charge in [-0.25, -0.2) is 0 Å². The van der Waals surface area contributed by atoms with E-state index in [1.165, 1.54) is 19.2 Å². The van der Waals surface area contributed by atoms with Crippen molar-refractivity contribution >= 4 is 5.69 Å². The van der Waals surface area contributed by atoms with Crippen LogP contribution >= 0.6 is 0 Å². The minimum absolute atomic E-state index is 0.0680. The number of ether oxygens (including phenoxy) is 1. The molecule has 6 nitrogen and oxygen atoms in total. The van der Waals surface area contributed by atoms with E-state index in [9.17, 15) is 15.2 Å². The van der Waals surface area contributed by atoms with E-state index in [1.807, 2.05) is 13.8 Å². The third-order valence-corrected chi connectivity index (χ3v) is 2.65. The van der Waals surface area contributed by atoms with Gasteiger partial charge in [-0.3, -0.25) is 10.1 Å². The summed E-state index contributed by atoms with van der Waals surface area (Å²) in [5.74, 6) is -0.0275. The van der Waals surface area contributed by atoms with Gasteiger partial charge in [-0.15, -0.1) is 0 Å². The molecule has 0 aromatic heterocycles. The van der Waals surface area contributed by atoms with Gasteiger partial charge in [0.05, 0.1) is 12.0 Å². The number of phenols is 1. The second-order valence-corrected chi connectivity index (χ2v) is 4.58. The van der Waals surface area contributed by atoms with Crippen molar-refractivity contribution in [1.29, 1.82) is 0 Å². The molecule has 0 heterocycles. The molecule has 0 saturated heterocycles. The second kappa shape index (κ2) is 5.68. The summed E-state index contributed by atoms with van der Waals surface area (Å²) in [6.45, 7) is 4.04. The van der Waals surface area contributed by atoms with Gasteiger partial charge >= 0.3 is 5.69 Å². The van der Waals surface area contributed by atoms with E-state index in [0.717, 1.165) is 0 Å². The highest BCUT2D eigenvalue weighted by atomic mass is 16.6. The Labute approximate surface area is 106 Å². The number of aromatic hydroxyl groups is 1. The molecule has 3 N–H and O–H groups in total. The van der Waals surface area contributed by atoms with Crippen molar-refractivity contribution in [3.05, 3.63) is 27.8 Å². The molecule has 0 amide bonds. The highest BCUT2D eigenvalue weighted by Crippen LogP contribution is 2.38. The molecule has 1 atom stereocenters. The third kappa shape index (κ3) is 3.10. The van der Waals surface area contributed by atoms with E-state index in [-0.39, 0.29) is 17.5 Å². The molecule has 6 heteroatoms. The van der Waals surface area contributed by atoms with E-state index >= 15 is 0 Å². The molecular weight excluding hydrogens is 236 g/mol. The summed E-state index contributed by atoms with van der Waals surface area (Å²) in [5.41, 5.74) is 6.18. The van der Waals surface area contributed by atoms with Crippen LogP contribution in [0.1, 0.15) is 31.9 Å². The number of hydrogen-bond acceptors (Lipinski definition) is 5. The predicted molar refractivity (Wildman–Crippen MR) is 67.7 cm³/mol. The first-order valence-corrected chi connectivity index (χ1v) is 5.67. The molecule has 0 spiro atoms. The highest BCUT2D eigenvalue weighted by molar-refractivity contribution is 5.57. The Balaban J connectivity index is 3.21. The Bertz CT molecular complexity index is 446. The predicted octanol–water partition coefficient (Wildman–Crippen LogP) is 2.35. The second-order valence-electron chi connectivity index (χ2n) is 4.58. The van der Waals surface area contributed by atoms with E-state index < -0.39 is 10.7 Å². The number of methoxy groups -OCH3 is 1. The molecule has 0 saturated carbocycles. The molecule has 0 aliphatic carbocycles. The molecular formula is C12H18N2O4. The molecule has 1 aromatic rings. The summed E-state index contributed by atoms with van der Waals surface area (Å²) in [6.07, 6.45) is 0.699. The number of benzene rings is 1. The molecule has 0 aliphatic rings. The van der Waals surface area contributed by atoms with Gasteiger partial charge in [0.2, 0.25) is 5.75 Å². The first-order chi connectivity index (χ1) is 8.36. The topological polar surface area (TPSA) is 98.6 Å². The molecule has 1 aromatic carbocycles. The first kappa shape index (κ1) is 14.2. The van der Waals surface area contributed by atoms with Crippen LogP contribution in [-0.2, 0) is 0 Å². The van der Waals surface area contributed by atoms with Crippen molar-refractivity contribution in [2.45, 2.75) is 26.3 Å². The minimum atomic E-state index is -0.649. The summed E-state index contributed by atoms with van der Waals surface area (Å²) in [6, 6.07) is 2.51. The van der Waals surface area contributed by atoms with Crippen molar-refractivity contribution in [2.24, 2.45) is 11.7 Å². The van der Waals surface area contributed by atoms with Crippen molar-refractivity contribution in [3.8, 4) is 11.5 Å². The molecule has 0 fully saturated rings. The van der Waals surface area contributed by atoms with Gasteiger partial charge in [0.1, 0.15) is 0 Å². The maximum absolute atomic E-state index is 10.8. The SMILES string of the molecule is COc1cc([C@H](N)CC(C)C)cc([N+](=O)[O-])c1O. The number of nitro groups is 1. The van der Waals surface area contributed by atoms with Crippen molar-refractivity contribution in [2.75, 3.05) is 7.11 Å². The fourth-order valence-corrected chi connectivity index (χ4v) is 1.77. The highest BCUT2D eigenvalue weighted by Gasteiger charge is 2.22. The summed E-state index contributed by atoms with van der Waals surface area (Å²) >= 11 is 0. The van der Waals surface area contributed by atoms with E-state index in [2.05, 4.69) is 0 Å². The van der Waals surface area contributed by atoms with Crippen molar-refractivity contribution in [3.63, 3.8) is 0 Å². The quantitative estimate of drug-likeness (QED) is 0.620. The zero-order chi connectivity index (χ0) is 13.9. The molecule has 0 aliphatic heterocycles. The Hall–Kier alpha value is -1.82. The van der Waals surface area contributed by atoms with E-state index in [4.69, 9.17) is 10.5 Å². The minimum Gasteiger partial charge on any atom is -0.500 e. The molecule has 0 radical (unpaired) electrons. The van der Waals surface area contributed by atoms with Crippen molar-refractivity contribution < 1.29 is 14.8 Å². The third-order valence-electron chi connectivity index (χ3n) is 2.65. The Kier molecular flexibility index (Phi) is 4.49. The largest absolute Gasteiger partial charge is 0.500 e. The number of nitro benzene ring substituents is 1. The number of phenolic OH excluding ortho intramolecular Hbond substituents is 1. The van der Waals surface area contributed by atoms with Crippen molar-refractivity contribution in [1.82, 2.24) is 0 Å². The number of nitrogens with zero attached hydrogens (tertiary/aromatic N) is 1. The lowest BCUT2D eigenvalue weighted by Gasteiger charge is -2.15. The Morgan fingerprint density at radius 3 is 2.56 bits per heavy atom. The van der Waals surface area contributed by atoms with E-state index in [1.54, 1.807) is 0 Å². The van der Waals surface area contributed by atoms with Crippen LogP contribution in [0.25, 0.3) is 0 Å². The summed E-state index contributed by atoms with van der Waals surface area (Å²) in [5, 5.41) is 20.5. The fourth-order valence-electron chi connectivity index (χ4n) is 1.77. The van der Waals surface area contributed by atoms with Crippen LogP contribution < -0.4 is 10.5 Å². The standard InChI is InChI=1S/C12H18N2O4/c1-7(2)4-9(13)8-5-10(14(16)17)12(15)11(6-8)18-3/h5-7,9,15H,4,13H2,1-3H3/t9-/m1/s1. The van der Waals surface area contributed by atoms with Crippen LogP contribution in [0.15, 0.2) is 12.1 Å². The normalized spacial score (nSPS) is 12.5. The molecule has 0 unspecified atom stereocenters. The van der Waals surface area contributed by atoms with Gasteiger partial charge in [-0.05, 0) is 24.0 Å². The lowest BCUT2D eigenvalue weighted by atomic mass is 9.97. The average molecular weight is 254 g/mol.